The second-order valence-corrected chi connectivity index (χ2v) is 8.81. The Morgan fingerprint density at radius 3 is 2.21 bits per heavy atom. The Labute approximate surface area is 196 Å². The fourth-order valence-corrected chi connectivity index (χ4v) is 3.62. The molecule has 0 unspecified atom stereocenters. The molecule has 3 aromatic carbocycles. The first-order chi connectivity index (χ1) is 16.3. The molecular formula is C24H23F2NO6S. The number of anilines is 1. The van der Waals surface area contributed by atoms with Crippen molar-refractivity contribution in [1.82, 2.24) is 0 Å². The number of hydrogen-bond donors (Lipinski definition) is 1. The number of alkyl halides is 2. The molecule has 34 heavy (non-hydrogen) atoms. The normalized spacial score (nSPS) is 11.2. The molecule has 180 valence electrons. The fraction of sp³-hybridized carbons (Fsp3) is 0.208. The van der Waals surface area contributed by atoms with Crippen LogP contribution in [0.2, 0.25) is 0 Å². The van der Waals surface area contributed by atoms with E-state index in [1.165, 1.54) is 18.2 Å². The lowest BCUT2D eigenvalue weighted by atomic mass is 10.2. The molecule has 0 aromatic heterocycles. The maximum Gasteiger partial charge on any atom is 0.341 e. The summed E-state index contributed by atoms with van der Waals surface area (Å²) in [7, 11) is -4.70. The van der Waals surface area contributed by atoms with Gasteiger partial charge in [0.25, 0.3) is 5.91 Å². The third-order valence-corrected chi connectivity index (χ3v) is 5.93. The zero-order valence-electron chi connectivity index (χ0n) is 18.2. The fourth-order valence-electron chi connectivity index (χ4n) is 2.90. The minimum atomic E-state index is -4.70. The second kappa shape index (κ2) is 11.5. The highest BCUT2D eigenvalue weighted by atomic mass is 32.2. The van der Waals surface area contributed by atoms with Gasteiger partial charge in [0.05, 0.1) is 11.5 Å². The first kappa shape index (κ1) is 25.0. The minimum absolute atomic E-state index is 0.245. The number of carbonyl (C=O) groups excluding carboxylic acids is 1. The van der Waals surface area contributed by atoms with E-state index < -0.39 is 26.4 Å². The van der Waals surface area contributed by atoms with E-state index in [1.807, 2.05) is 30.3 Å². The van der Waals surface area contributed by atoms with E-state index in [9.17, 15) is 22.0 Å². The van der Waals surface area contributed by atoms with Crippen molar-refractivity contribution in [2.75, 3.05) is 25.1 Å². The van der Waals surface area contributed by atoms with Gasteiger partial charge in [-0.2, -0.15) is 8.78 Å². The van der Waals surface area contributed by atoms with E-state index in [0.29, 0.717) is 24.7 Å². The lowest BCUT2D eigenvalue weighted by molar-refractivity contribution is 0.102. The maximum absolute atomic E-state index is 12.7. The van der Waals surface area contributed by atoms with Gasteiger partial charge >= 0.3 is 5.76 Å². The molecule has 3 rings (SSSR count). The van der Waals surface area contributed by atoms with Crippen molar-refractivity contribution in [1.29, 1.82) is 0 Å². The van der Waals surface area contributed by atoms with Crippen LogP contribution >= 0.6 is 0 Å². The number of amides is 1. The molecule has 1 amide bonds. The van der Waals surface area contributed by atoms with Crippen LogP contribution in [0.15, 0.2) is 77.7 Å². The van der Waals surface area contributed by atoms with Gasteiger partial charge in [0, 0.05) is 11.3 Å². The van der Waals surface area contributed by atoms with Crippen molar-refractivity contribution in [2.45, 2.75) is 17.6 Å². The molecule has 10 heteroatoms. The van der Waals surface area contributed by atoms with Crippen LogP contribution in [0.3, 0.4) is 0 Å². The summed E-state index contributed by atoms with van der Waals surface area (Å²) in [5.41, 5.74) is 0.509. The largest absolute Gasteiger partial charge is 0.490 e. The monoisotopic (exact) mass is 491 g/mol. The summed E-state index contributed by atoms with van der Waals surface area (Å²) >= 11 is 0. The van der Waals surface area contributed by atoms with E-state index in [2.05, 4.69) is 5.32 Å². The summed E-state index contributed by atoms with van der Waals surface area (Å²) in [5.74, 6) is -2.48. The van der Waals surface area contributed by atoms with Gasteiger partial charge in [0.2, 0.25) is 9.84 Å². The molecule has 0 atom stereocenters. The molecule has 0 saturated heterocycles. The van der Waals surface area contributed by atoms with Crippen LogP contribution < -0.4 is 19.5 Å². The Hall–Kier alpha value is -3.66. The van der Waals surface area contributed by atoms with Crippen molar-refractivity contribution in [3.63, 3.8) is 0 Å². The number of ether oxygens (including phenoxy) is 3. The number of benzene rings is 3. The molecule has 0 saturated carbocycles. The lowest BCUT2D eigenvalue weighted by Gasteiger charge is -2.14. The van der Waals surface area contributed by atoms with Crippen LogP contribution in [-0.4, -0.2) is 39.9 Å². The van der Waals surface area contributed by atoms with Gasteiger partial charge in [-0.3, -0.25) is 4.79 Å². The van der Waals surface area contributed by atoms with Crippen LogP contribution in [0.25, 0.3) is 0 Å². The van der Waals surface area contributed by atoms with Gasteiger partial charge < -0.3 is 19.5 Å². The standard InChI is InChI=1S/C24H23F2NO6S/c1-2-31-22-16-17(8-13-21(22)33-15-14-32-19-6-4-3-5-7-19)23(28)27-18-9-11-20(12-10-18)34(29,30)24(25)26/h3-13,16,24H,2,14-15H2,1H3,(H,27,28). The number of carbonyl (C=O) groups is 1. The van der Waals surface area contributed by atoms with Crippen LogP contribution in [0, 0.1) is 0 Å². The summed E-state index contributed by atoms with van der Waals surface area (Å²) < 4.78 is 65.2. The Morgan fingerprint density at radius 2 is 1.56 bits per heavy atom. The second-order valence-electron chi connectivity index (χ2n) is 6.89. The molecule has 0 aliphatic carbocycles. The number of sulfone groups is 1. The van der Waals surface area contributed by atoms with Crippen LogP contribution in [0.4, 0.5) is 14.5 Å². The number of hydrogen-bond acceptors (Lipinski definition) is 6. The SMILES string of the molecule is CCOc1cc(C(=O)Nc2ccc(S(=O)(=O)C(F)F)cc2)ccc1OCCOc1ccccc1. The molecule has 0 spiro atoms. The molecular weight excluding hydrogens is 468 g/mol. The molecule has 0 aliphatic rings. The summed E-state index contributed by atoms with van der Waals surface area (Å²) in [4.78, 5) is 12.1. The van der Waals surface area contributed by atoms with Crippen molar-refractivity contribution < 1.29 is 36.2 Å². The molecule has 0 radical (unpaired) electrons. The number of rotatable bonds is 11. The number of para-hydroxylation sites is 1. The molecule has 7 nitrogen and oxygen atoms in total. The smallest absolute Gasteiger partial charge is 0.341 e. The van der Waals surface area contributed by atoms with E-state index in [1.54, 1.807) is 19.1 Å². The highest BCUT2D eigenvalue weighted by Crippen LogP contribution is 2.29. The highest BCUT2D eigenvalue weighted by Gasteiger charge is 2.26. The van der Waals surface area contributed by atoms with Gasteiger partial charge in [-0.1, -0.05) is 18.2 Å². The third kappa shape index (κ3) is 6.44. The molecule has 1 N–H and O–H groups in total. The molecule has 0 aliphatic heterocycles. The van der Waals surface area contributed by atoms with E-state index in [4.69, 9.17) is 14.2 Å². The first-order valence-corrected chi connectivity index (χ1v) is 11.9. The van der Waals surface area contributed by atoms with E-state index >= 15 is 0 Å². The zero-order valence-corrected chi connectivity index (χ0v) is 19.1. The van der Waals surface area contributed by atoms with Crippen molar-refractivity contribution in [3.8, 4) is 17.2 Å². The number of halogens is 2. The Balaban J connectivity index is 1.63. The summed E-state index contributed by atoms with van der Waals surface area (Å²) in [6.45, 7) is 2.72. The van der Waals surface area contributed by atoms with E-state index in [-0.39, 0.29) is 17.9 Å². The maximum atomic E-state index is 12.7. The molecule has 0 heterocycles. The van der Waals surface area contributed by atoms with Crippen molar-refractivity contribution >= 4 is 21.4 Å². The van der Waals surface area contributed by atoms with Crippen LogP contribution in [-0.2, 0) is 9.84 Å². The average molecular weight is 492 g/mol. The number of nitrogens with one attached hydrogen (secondary N) is 1. The highest BCUT2D eigenvalue weighted by molar-refractivity contribution is 7.91. The Kier molecular flexibility index (Phi) is 8.42. The van der Waals surface area contributed by atoms with Gasteiger partial charge in [0.1, 0.15) is 19.0 Å². The Morgan fingerprint density at radius 1 is 0.882 bits per heavy atom. The lowest BCUT2D eigenvalue weighted by Crippen LogP contribution is -2.14. The quantitative estimate of drug-likeness (QED) is 0.388. The predicted octanol–water partition coefficient (Wildman–Crippen LogP) is 4.79. The Bertz CT molecular complexity index is 1200. The molecule has 0 fully saturated rings. The van der Waals surface area contributed by atoms with Crippen LogP contribution in [0.5, 0.6) is 17.2 Å². The van der Waals surface area contributed by atoms with Crippen molar-refractivity contribution in [2.24, 2.45) is 0 Å². The summed E-state index contributed by atoms with van der Waals surface area (Å²) in [6, 6.07) is 18.5. The van der Waals surface area contributed by atoms with E-state index in [0.717, 1.165) is 17.9 Å². The molecule has 0 bridgehead atoms. The third-order valence-electron chi connectivity index (χ3n) is 4.53. The van der Waals surface area contributed by atoms with Gasteiger partial charge in [-0.15, -0.1) is 0 Å². The van der Waals surface area contributed by atoms with Crippen LogP contribution in [0.1, 0.15) is 17.3 Å². The summed E-state index contributed by atoms with van der Waals surface area (Å²) in [5, 5.41) is 2.59. The minimum Gasteiger partial charge on any atom is -0.490 e. The predicted molar refractivity (Wildman–Crippen MR) is 123 cm³/mol. The van der Waals surface area contributed by atoms with Gasteiger partial charge in [0.15, 0.2) is 11.5 Å². The average Bonchev–Trinajstić information content (AvgIpc) is 2.83. The van der Waals surface area contributed by atoms with Gasteiger partial charge in [-0.05, 0) is 61.5 Å². The van der Waals surface area contributed by atoms with Crippen molar-refractivity contribution in [3.05, 3.63) is 78.4 Å². The first-order valence-electron chi connectivity index (χ1n) is 10.3. The molecule has 3 aromatic rings. The zero-order chi connectivity index (χ0) is 24.6. The summed E-state index contributed by atoms with van der Waals surface area (Å²) in [6.07, 6.45) is 0. The topological polar surface area (TPSA) is 90.9 Å². The van der Waals surface area contributed by atoms with Gasteiger partial charge in [-0.25, -0.2) is 8.42 Å².